The largest absolute Gasteiger partial charge is 0.379 e. The van der Waals surface area contributed by atoms with Crippen LogP contribution in [0.1, 0.15) is 18.4 Å². The van der Waals surface area contributed by atoms with E-state index in [2.05, 4.69) is 17.2 Å². The number of hydrogen-bond donors (Lipinski definition) is 2. The number of carbonyl (C=O) groups excluding carboxylic acids is 1. The summed E-state index contributed by atoms with van der Waals surface area (Å²) in [5.41, 5.74) is 1.93. The van der Waals surface area contributed by atoms with Crippen LogP contribution in [-0.2, 0) is 11.2 Å². The smallest absolute Gasteiger partial charge is 0.292 e. The van der Waals surface area contributed by atoms with E-state index in [-0.39, 0.29) is 11.6 Å². The van der Waals surface area contributed by atoms with Gasteiger partial charge in [0.1, 0.15) is 5.69 Å². The van der Waals surface area contributed by atoms with Gasteiger partial charge in [0.05, 0.1) is 4.92 Å². The number of carbonyl (C=O) groups is 1. The van der Waals surface area contributed by atoms with Crippen molar-refractivity contribution < 1.29 is 9.72 Å². The molecule has 6 nitrogen and oxygen atoms in total. The van der Waals surface area contributed by atoms with E-state index in [1.807, 2.05) is 0 Å². The molecule has 0 bridgehead atoms. The fourth-order valence-corrected chi connectivity index (χ4v) is 2.02. The zero-order chi connectivity index (χ0) is 13.8. The van der Waals surface area contributed by atoms with Crippen molar-refractivity contribution in [3.8, 4) is 0 Å². The van der Waals surface area contributed by atoms with Gasteiger partial charge in [0.2, 0.25) is 5.91 Å². The minimum absolute atomic E-state index is 0.0407. The van der Waals surface area contributed by atoms with Gasteiger partial charge >= 0.3 is 0 Å². The quantitative estimate of drug-likeness (QED) is 0.369. The molecule has 0 spiro atoms. The molecule has 19 heavy (non-hydrogen) atoms. The molecule has 1 heterocycles. The summed E-state index contributed by atoms with van der Waals surface area (Å²) in [6.07, 6.45) is 3.35. The predicted molar refractivity (Wildman–Crippen MR) is 73.4 cm³/mol. The minimum atomic E-state index is -0.410. The molecule has 0 saturated heterocycles. The Morgan fingerprint density at radius 2 is 2.26 bits per heavy atom. The van der Waals surface area contributed by atoms with Crippen LogP contribution < -0.4 is 10.6 Å². The van der Waals surface area contributed by atoms with Crippen molar-refractivity contribution in [1.82, 2.24) is 0 Å². The van der Waals surface area contributed by atoms with Crippen LogP contribution >= 0.6 is 0 Å². The molecule has 0 aliphatic carbocycles. The van der Waals surface area contributed by atoms with Gasteiger partial charge in [-0.2, -0.15) is 0 Å². The maximum Gasteiger partial charge on any atom is 0.292 e. The van der Waals surface area contributed by atoms with E-state index in [0.29, 0.717) is 37.2 Å². The van der Waals surface area contributed by atoms with E-state index >= 15 is 0 Å². The van der Waals surface area contributed by atoms with Gasteiger partial charge in [-0.05, 0) is 24.5 Å². The molecule has 0 atom stereocenters. The first-order chi connectivity index (χ1) is 9.11. The molecule has 0 aromatic heterocycles. The molecular formula is C13H15N3O3. The summed E-state index contributed by atoms with van der Waals surface area (Å²) in [7, 11) is 0. The van der Waals surface area contributed by atoms with Crippen molar-refractivity contribution in [2.45, 2.75) is 19.3 Å². The zero-order valence-electron chi connectivity index (χ0n) is 10.4. The summed E-state index contributed by atoms with van der Waals surface area (Å²) in [6, 6.07) is 3.17. The summed E-state index contributed by atoms with van der Waals surface area (Å²) in [6.45, 7) is 4.17. The number of benzene rings is 1. The van der Waals surface area contributed by atoms with Crippen LogP contribution in [0, 0.1) is 10.1 Å². The molecule has 1 aliphatic heterocycles. The van der Waals surface area contributed by atoms with Gasteiger partial charge in [0, 0.05) is 24.7 Å². The van der Waals surface area contributed by atoms with Crippen LogP contribution in [0.15, 0.2) is 24.8 Å². The Hall–Kier alpha value is -2.37. The second-order valence-corrected chi connectivity index (χ2v) is 4.34. The molecule has 1 aliphatic rings. The lowest BCUT2D eigenvalue weighted by Crippen LogP contribution is -2.19. The van der Waals surface area contributed by atoms with Crippen molar-refractivity contribution in [3.05, 3.63) is 40.5 Å². The van der Waals surface area contributed by atoms with Gasteiger partial charge in [0.15, 0.2) is 0 Å². The molecule has 0 unspecified atom stereocenters. The number of nitro benzene ring substituents is 1. The van der Waals surface area contributed by atoms with E-state index in [4.69, 9.17) is 0 Å². The van der Waals surface area contributed by atoms with Crippen molar-refractivity contribution in [1.29, 1.82) is 0 Å². The Morgan fingerprint density at radius 1 is 1.47 bits per heavy atom. The average molecular weight is 261 g/mol. The monoisotopic (exact) mass is 261 g/mol. The van der Waals surface area contributed by atoms with E-state index in [9.17, 15) is 14.9 Å². The van der Waals surface area contributed by atoms with E-state index in [1.165, 1.54) is 6.07 Å². The molecule has 0 saturated carbocycles. The van der Waals surface area contributed by atoms with Gasteiger partial charge in [-0.15, -0.1) is 6.58 Å². The number of nitrogens with one attached hydrogen (secondary N) is 2. The van der Waals surface area contributed by atoms with Crippen LogP contribution in [0.25, 0.3) is 0 Å². The molecule has 6 heteroatoms. The first-order valence-electron chi connectivity index (χ1n) is 6.07. The molecule has 0 fully saturated rings. The maximum atomic E-state index is 11.3. The molecule has 100 valence electrons. The summed E-state index contributed by atoms with van der Waals surface area (Å²) in [5.74, 6) is -0.0570. The van der Waals surface area contributed by atoms with E-state index < -0.39 is 4.92 Å². The lowest BCUT2D eigenvalue weighted by Gasteiger charge is -2.18. The predicted octanol–water partition coefficient (Wildman–Crippen LogP) is 2.47. The third-order valence-electron chi connectivity index (χ3n) is 2.98. The Bertz CT molecular complexity index is 540. The third-order valence-corrected chi connectivity index (χ3v) is 2.98. The fourth-order valence-electron chi connectivity index (χ4n) is 2.02. The Kier molecular flexibility index (Phi) is 3.79. The summed E-state index contributed by atoms with van der Waals surface area (Å²) in [5, 5.41) is 16.8. The molecule has 2 rings (SSSR count). The van der Waals surface area contributed by atoms with E-state index in [0.717, 1.165) is 5.56 Å². The van der Waals surface area contributed by atoms with Gasteiger partial charge in [-0.1, -0.05) is 6.08 Å². The number of nitro groups is 1. The summed E-state index contributed by atoms with van der Waals surface area (Å²) >= 11 is 0. The Labute approximate surface area is 110 Å². The summed E-state index contributed by atoms with van der Waals surface area (Å²) in [4.78, 5) is 22.0. The van der Waals surface area contributed by atoms with Crippen LogP contribution in [0.2, 0.25) is 0 Å². The Balaban J connectivity index is 2.33. The second kappa shape index (κ2) is 5.51. The van der Waals surface area contributed by atoms with Gasteiger partial charge in [-0.25, -0.2) is 0 Å². The number of nitrogens with zero attached hydrogens (tertiary/aromatic N) is 1. The second-order valence-electron chi connectivity index (χ2n) is 4.34. The number of hydrogen-bond acceptors (Lipinski definition) is 4. The lowest BCUT2D eigenvalue weighted by molar-refractivity contribution is -0.384. The highest BCUT2D eigenvalue weighted by Gasteiger charge is 2.22. The molecular weight excluding hydrogens is 246 g/mol. The van der Waals surface area contributed by atoms with Gasteiger partial charge in [-0.3, -0.25) is 14.9 Å². The SMILES string of the molecule is C=CCCNc1cc2c(cc1[N+](=O)[O-])CCC(=O)N2. The average Bonchev–Trinajstić information content (AvgIpc) is 2.37. The molecule has 1 aromatic carbocycles. The lowest BCUT2D eigenvalue weighted by atomic mass is 10.0. The van der Waals surface area contributed by atoms with Crippen molar-refractivity contribution in [3.63, 3.8) is 0 Å². The number of fused-ring (bicyclic) bond motifs is 1. The van der Waals surface area contributed by atoms with E-state index in [1.54, 1.807) is 12.1 Å². The van der Waals surface area contributed by atoms with Crippen LogP contribution in [0.5, 0.6) is 0 Å². The molecule has 1 aromatic rings. The first-order valence-corrected chi connectivity index (χ1v) is 6.07. The van der Waals surface area contributed by atoms with Crippen molar-refractivity contribution in [2.24, 2.45) is 0 Å². The third kappa shape index (κ3) is 2.90. The number of anilines is 2. The van der Waals surface area contributed by atoms with Crippen LogP contribution in [0.3, 0.4) is 0 Å². The highest BCUT2D eigenvalue weighted by Crippen LogP contribution is 2.34. The zero-order valence-corrected chi connectivity index (χ0v) is 10.4. The molecule has 0 radical (unpaired) electrons. The van der Waals surface area contributed by atoms with Crippen LogP contribution in [0.4, 0.5) is 17.1 Å². The fraction of sp³-hybridized carbons (Fsp3) is 0.308. The van der Waals surface area contributed by atoms with Crippen molar-refractivity contribution >= 4 is 23.0 Å². The maximum absolute atomic E-state index is 11.3. The molecule has 2 N–H and O–H groups in total. The summed E-state index contributed by atoms with van der Waals surface area (Å²) < 4.78 is 0. The van der Waals surface area contributed by atoms with Gasteiger partial charge in [0.25, 0.3) is 5.69 Å². The Morgan fingerprint density at radius 3 is 2.95 bits per heavy atom. The molecule has 1 amide bonds. The number of amides is 1. The highest BCUT2D eigenvalue weighted by molar-refractivity contribution is 5.95. The first kappa shape index (κ1) is 13.1. The van der Waals surface area contributed by atoms with Crippen LogP contribution in [-0.4, -0.2) is 17.4 Å². The number of rotatable bonds is 5. The van der Waals surface area contributed by atoms with Gasteiger partial charge < -0.3 is 10.6 Å². The topological polar surface area (TPSA) is 84.3 Å². The van der Waals surface area contributed by atoms with Crippen molar-refractivity contribution in [2.75, 3.05) is 17.2 Å². The number of aryl methyl sites for hydroxylation is 1. The standard InChI is InChI=1S/C13H15N3O3/c1-2-3-6-14-11-8-10-9(4-5-13(17)15-10)7-12(11)16(18)19/h2,7-8,14H,1,3-6H2,(H,15,17). The normalized spacial score (nSPS) is 13.4. The highest BCUT2D eigenvalue weighted by atomic mass is 16.6. The minimum Gasteiger partial charge on any atom is -0.379 e.